The second-order valence-electron chi connectivity index (χ2n) is 5.30. The van der Waals surface area contributed by atoms with Gasteiger partial charge in [0.1, 0.15) is 17.3 Å². The second kappa shape index (κ2) is 9.71. The topological polar surface area (TPSA) is 41.7 Å². The highest BCUT2D eigenvalue weighted by Gasteiger charge is 2.07. The second-order valence-corrected chi connectivity index (χ2v) is 5.74. The quantitative estimate of drug-likeness (QED) is 0.669. The summed E-state index contributed by atoms with van der Waals surface area (Å²) in [6, 6.07) is 7.66. The number of rotatable bonds is 10. The zero-order valence-electron chi connectivity index (χ0n) is 13.3. The average Bonchev–Trinajstić information content (AvgIpc) is 2.45. The van der Waals surface area contributed by atoms with Gasteiger partial charge in [-0.05, 0) is 52.3 Å². The van der Waals surface area contributed by atoms with Crippen LogP contribution in [0.3, 0.4) is 0 Å². The normalized spacial score (nSPS) is 11.1. The maximum absolute atomic E-state index is 5.84. The number of nitrogens with zero attached hydrogens (tertiary/aromatic N) is 2. The number of likely N-dealkylation sites (N-methyl/N-ethyl adjacent to an activating group) is 1. The first-order valence-corrected chi connectivity index (χ1v) is 7.84. The number of thiocarbonyl (C=S) groups is 1. The van der Waals surface area contributed by atoms with Crippen LogP contribution in [0, 0.1) is 0 Å². The van der Waals surface area contributed by atoms with Crippen LogP contribution in [-0.4, -0.2) is 61.7 Å². The van der Waals surface area contributed by atoms with Gasteiger partial charge in [0, 0.05) is 6.54 Å². The largest absolute Gasteiger partial charge is 0.492 e. The van der Waals surface area contributed by atoms with Gasteiger partial charge in [0.2, 0.25) is 0 Å². The van der Waals surface area contributed by atoms with Gasteiger partial charge in [-0.3, -0.25) is 0 Å². The Balaban J connectivity index is 2.39. The molecule has 0 atom stereocenters. The molecule has 4 nitrogen and oxygen atoms in total. The van der Waals surface area contributed by atoms with E-state index in [4.69, 9.17) is 22.7 Å². The van der Waals surface area contributed by atoms with E-state index < -0.39 is 0 Å². The Morgan fingerprint density at radius 1 is 1.19 bits per heavy atom. The Kier molecular flexibility index (Phi) is 8.27. The summed E-state index contributed by atoms with van der Waals surface area (Å²) in [5.74, 6) is 0.773. The van der Waals surface area contributed by atoms with Crippen molar-refractivity contribution in [3.63, 3.8) is 0 Å². The molecular formula is C16H27N3OS. The summed E-state index contributed by atoms with van der Waals surface area (Å²) in [5.41, 5.74) is 6.51. The van der Waals surface area contributed by atoms with Crippen molar-refractivity contribution < 1.29 is 4.74 Å². The molecule has 0 aliphatic heterocycles. The summed E-state index contributed by atoms with van der Waals surface area (Å²) in [7, 11) is 4.21. The van der Waals surface area contributed by atoms with E-state index in [1.54, 1.807) is 0 Å². The molecule has 0 aliphatic carbocycles. The summed E-state index contributed by atoms with van der Waals surface area (Å²) < 4.78 is 5.84. The molecular weight excluding hydrogens is 282 g/mol. The number of nitrogens with two attached hydrogens (primary N) is 1. The number of hydrogen-bond donors (Lipinski definition) is 1. The molecule has 0 radical (unpaired) electrons. The molecule has 2 N–H and O–H groups in total. The van der Waals surface area contributed by atoms with E-state index >= 15 is 0 Å². The molecule has 0 amide bonds. The molecule has 0 saturated carbocycles. The number of benzene rings is 1. The van der Waals surface area contributed by atoms with Crippen LogP contribution in [0.5, 0.6) is 5.75 Å². The maximum atomic E-state index is 5.84. The number of hydrogen-bond acceptors (Lipinski definition) is 4. The molecule has 0 unspecified atom stereocenters. The molecule has 0 bridgehead atoms. The van der Waals surface area contributed by atoms with Crippen molar-refractivity contribution in [1.29, 1.82) is 0 Å². The van der Waals surface area contributed by atoms with Gasteiger partial charge in [-0.1, -0.05) is 31.3 Å². The Morgan fingerprint density at radius 3 is 2.52 bits per heavy atom. The van der Waals surface area contributed by atoms with E-state index in [1.807, 2.05) is 24.3 Å². The Hall–Kier alpha value is -1.17. The minimum absolute atomic E-state index is 0.379. The van der Waals surface area contributed by atoms with Crippen LogP contribution in [0.15, 0.2) is 24.3 Å². The van der Waals surface area contributed by atoms with Gasteiger partial charge >= 0.3 is 0 Å². The molecule has 21 heavy (non-hydrogen) atoms. The summed E-state index contributed by atoms with van der Waals surface area (Å²) >= 11 is 5.04. The molecule has 1 aromatic rings. The lowest BCUT2D eigenvalue weighted by Gasteiger charge is -2.21. The first-order chi connectivity index (χ1) is 10.0. The number of para-hydroxylation sites is 1. The molecule has 118 valence electrons. The SMILES string of the molecule is CCN(CCCN(C)C)CCOc1ccccc1C(N)=S. The minimum Gasteiger partial charge on any atom is -0.492 e. The van der Waals surface area contributed by atoms with Crippen molar-refractivity contribution in [2.75, 3.05) is 46.9 Å². The molecule has 0 fully saturated rings. The summed E-state index contributed by atoms with van der Waals surface area (Å²) in [5, 5.41) is 0. The summed E-state index contributed by atoms with van der Waals surface area (Å²) in [6.45, 7) is 6.98. The lowest BCUT2D eigenvalue weighted by atomic mass is 10.2. The zero-order chi connectivity index (χ0) is 15.7. The van der Waals surface area contributed by atoms with Gasteiger partial charge in [-0.25, -0.2) is 0 Å². The van der Waals surface area contributed by atoms with Crippen molar-refractivity contribution in [1.82, 2.24) is 9.80 Å². The lowest BCUT2D eigenvalue weighted by molar-refractivity contribution is 0.208. The van der Waals surface area contributed by atoms with Crippen molar-refractivity contribution >= 4 is 17.2 Å². The third-order valence-electron chi connectivity index (χ3n) is 3.34. The van der Waals surface area contributed by atoms with Gasteiger partial charge < -0.3 is 20.3 Å². The van der Waals surface area contributed by atoms with Crippen LogP contribution in [-0.2, 0) is 0 Å². The molecule has 0 saturated heterocycles. The smallest absolute Gasteiger partial charge is 0.129 e. The van der Waals surface area contributed by atoms with E-state index in [1.165, 1.54) is 6.42 Å². The Bertz CT molecular complexity index is 437. The fourth-order valence-corrected chi connectivity index (χ4v) is 2.29. The van der Waals surface area contributed by atoms with Crippen molar-refractivity contribution in [2.45, 2.75) is 13.3 Å². The molecule has 0 aliphatic rings. The average molecular weight is 309 g/mol. The molecule has 5 heteroatoms. The van der Waals surface area contributed by atoms with Crippen LogP contribution in [0.2, 0.25) is 0 Å². The van der Waals surface area contributed by atoms with Crippen LogP contribution >= 0.6 is 12.2 Å². The standard InChI is InChI=1S/C16H27N3OS/c1-4-19(11-7-10-18(2)3)12-13-20-15-9-6-5-8-14(15)16(17)21/h5-6,8-9H,4,7,10-13H2,1-3H3,(H2,17,21). The van der Waals surface area contributed by atoms with E-state index in [0.29, 0.717) is 11.6 Å². The summed E-state index contributed by atoms with van der Waals surface area (Å²) in [6.07, 6.45) is 1.17. The minimum atomic E-state index is 0.379. The molecule has 0 spiro atoms. The first kappa shape index (κ1) is 17.9. The lowest BCUT2D eigenvalue weighted by Crippen LogP contribution is -2.31. The third kappa shape index (κ3) is 6.89. The predicted molar refractivity (Wildman–Crippen MR) is 93.1 cm³/mol. The monoisotopic (exact) mass is 309 g/mol. The zero-order valence-corrected chi connectivity index (χ0v) is 14.2. The van der Waals surface area contributed by atoms with Crippen LogP contribution in [0.4, 0.5) is 0 Å². The maximum Gasteiger partial charge on any atom is 0.129 e. The van der Waals surface area contributed by atoms with Gasteiger partial charge in [0.05, 0.1) is 5.56 Å². The Morgan fingerprint density at radius 2 is 1.90 bits per heavy atom. The van der Waals surface area contributed by atoms with Crippen LogP contribution < -0.4 is 10.5 Å². The van der Waals surface area contributed by atoms with E-state index in [2.05, 4.69) is 30.8 Å². The summed E-state index contributed by atoms with van der Waals surface area (Å²) in [4.78, 5) is 4.99. The van der Waals surface area contributed by atoms with Crippen molar-refractivity contribution in [3.05, 3.63) is 29.8 Å². The van der Waals surface area contributed by atoms with E-state index in [9.17, 15) is 0 Å². The predicted octanol–water partition coefficient (Wildman–Crippen LogP) is 1.97. The third-order valence-corrected chi connectivity index (χ3v) is 3.56. The van der Waals surface area contributed by atoms with Crippen molar-refractivity contribution in [3.8, 4) is 5.75 Å². The van der Waals surface area contributed by atoms with Gasteiger partial charge in [0.25, 0.3) is 0 Å². The van der Waals surface area contributed by atoms with Crippen LogP contribution in [0.25, 0.3) is 0 Å². The molecule has 1 rings (SSSR count). The Labute approximate surface area is 133 Å². The molecule has 1 aromatic carbocycles. The van der Waals surface area contributed by atoms with E-state index in [-0.39, 0.29) is 0 Å². The first-order valence-electron chi connectivity index (χ1n) is 7.43. The van der Waals surface area contributed by atoms with Gasteiger partial charge in [-0.2, -0.15) is 0 Å². The molecule has 0 heterocycles. The highest BCUT2D eigenvalue weighted by atomic mass is 32.1. The number of ether oxygens (including phenoxy) is 1. The fourth-order valence-electron chi connectivity index (χ4n) is 2.12. The fraction of sp³-hybridized carbons (Fsp3) is 0.562. The van der Waals surface area contributed by atoms with Crippen LogP contribution in [0.1, 0.15) is 18.9 Å². The van der Waals surface area contributed by atoms with Crippen molar-refractivity contribution in [2.24, 2.45) is 5.73 Å². The van der Waals surface area contributed by atoms with Gasteiger partial charge in [-0.15, -0.1) is 0 Å². The highest BCUT2D eigenvalue weighted by molar-refractivity contribution is 7.80. The van der Waals surface area contributed by atoms with Gasteiger partial charge in [0.15, 0.2) is 0 Å². The highest BCUT2D eigenvalue weighted by Crippen LogP contribution is 2.17. The van der Waals surface area contributed by atoms with E-state index in [0.717, 1.165) is 37.5 Å². The molecule has 0 aromatic heterocycles.